The van der Waals surface area contributed by atoms with E-state index in [0.717, 1.165) is 23.4 Å². The number of rotatable bonds is 5. The van der Waals surface area contributed by atoms with E-state index in [1.54, 1.807) is 11.3 Å². The molecule has 20 heavy (non-hydrogen) atoms. The van der Waals surface area contributed by atoms with Gasteiger partial charge in [-0.05, 0) is 38.9 Å². The molecule has 1 amide bonds. The van der Waals surface area contributed by atoms with E-state index >= 15 is 0 Å². The summed E-state index contributed by atoms with van der Waals surface area (Å²) >= 11 is 1.70. The van der Waals surface area contributed by atoms with Crippen molar-refractivity contribution < 1.29 is 4.79 Å². The maximum absolute atomic E-state index is 12.0. The van der Waals surface area contributed by atoms with E-state index in [-0.39, 0.29) is 11.9 Å². The Bertz CT molecular complexity index is 587. The zero-order chi connectivity index (χ0) is 14.1. The van der Waals surface area contributed by atoms with Crippen LogP contribution in [0.4, 0.5) is 0 Å². The van der Waals surface area contributed by atoms with Gasteiger partial charge in [0, 0.05) is 6.04 Å². The minimum Gasteiger partial charge on any atom is -0.352 e. The van der Waals surface area contributed by atoms with Crippen molar-refractivity contribution in [3.8, 4) is 0 Å². The van der Waals surface area contributed by atoms with Crippen LogP contribution in [0.5, 0.6) is 0 Å². The van der Waals surface area contributed by atoms with Crippen LogP contribution in [-0.4, -0.2) is 34.9 Å². The maximum atomic E-state index is 12.0. The number of benzene rings is 1. The summed E-state index contributed by atoms with van der Waals surface area (Å²) in [6.45, 7) is 2.66. The average Bonchev–Trinajstić information content (AvgIpc) is 3.15. The first-order valence-electron chi connectivity index (χ1n) is 6.98. The van der Waals surface area contributed by atoms with Gasteiger partial charge in [0.15, 0.2) is 0 Å². The number of thiazole rings is 1. The Balaban J connectivity index is 1.64. The molecule has 0 radical (unpaired) electrons. The lowest BCUT2D eigenvalue weighted by Gasteiger charge is -2.22. The summed E-state index contributed by atoms with van der Waals surface area (Å²) in [5.41, 5.74) is 1.04. The van der Waals surface area contributed by atoms with Gasteiger partial charge in [0.1, 0.15) is 5.01 Å². The molecular weight excluding hydrogens is 270 g/mol. The fourth-order valence-corrected chi connectivity index (χ4v) is 3.12. The first kappa shape index (κ1) is 13.5. The van der Waals surface area contributed by atoms with Crippen molar-refractivity contribution >= 4 is 27.5 Å². The van der Waals surface area contributed by atoms with Crippen LogP contribution in [-0.2, 0) is 11.3 Å². The standard InChI is InChI=1S/C15H19N3OS/c1-10(15(19)16-11-7-8-11)18(2)9-14-17-12-5-3-4-6-13(12)20-14/h3-6,10-11H,7-9H2,1-2H3,(H,16,19)/t10-/m1/s1. The fraction of sp³-hybridized carbons (Fsp3) is 0.467. The third-order valence-corrected chi connectivity index (χ3v) is 4.71. The average molecular weight is 289 g/mol. The number of hydrogen-bond donors (Lipinski definition) is 1. The number of carbonyl (C=O) groups excluding carboxylic acids is 1. The largest absolute Gasteiger partial charge is 0.352 e. The molecule has 1 aliphatic carbocycles. The van der Waals surface area contributed by atoms with Crippen LogP contribution in [0.3, 0.4) is 0 Å². The Morgan fingerprint density at radius 3 is 2.95 bits per heavy atom. The number of aromatic nitrogens is 1. The van der Waals surface area contributed by atoms with Crippen molar-refractivity contribution in [3.05, 3.63) is 29.3 Å². The molecule has 0 spiro atoms. The van der Waals surface area contributed by atoms with Gasteiger partial charge in [0.05, 0.1) is 22.8 Å². The van der Waals surface area contributed by atoms with Crippen LogP contribution in [0.15, 0.2) is 24.3 Å². The summed E-state index contributed by atoms with van der Waals surface area (Å²) in [5, 5.41) is 4.10. The quantitative estimate of drug-likeness (QED) is 0.919. The van der Waals surface area contributed by atoms with Crippen molar-refractivity contribution in [2.75, 3.05) is 7.05 Å². The first-order chi connectivity index (χ1) is 9.63. The molecule has 1 aromatic heterocycles. The predicted octanol–water partition coefficient (Wildman–Crippen LogP) is 2.40. The Morgan fingerprint density at radius 2 is 2.25 bits per heavy atom. The Morgan fingerprint density at radius 1 is 1.50 bits per heavy atom. The highest BCUT2D eigenvalue weighted by molar-refractivity contribution is 7.18. The van der Waals surface area contributed by atoms with Gasteiger partial charge in [-0.2, -0.15) is 0 Å². The Hall–Kier alpha value is -1.46. The minimum absolute atomic E-state index is 0.121. The van der Waals surface area contributed by atoms with E-state index in [1.165, 1.54) is 4.70 Å². The fourth-order valence-electron chi connectivity index (χ4n) is 2.09. The van der Waals surface area contributed by atoms with Gasteiger partial charge < -0.3 is 5.32 Å². The number of fused-ring (bicyclic) bond motifs is 1. The van der Waals surface area contributed by atoms with E-state index in [0.29, 0.717) is 12.6 Å². The summed E-state index contributed by atoms with van der Waals surface area (Å²) in [4.78, 5) is 18.7. The number of likely N-dealkylation sites (N-methyl/N-ethyl adjacent to an activating group) is 1. The summed E-state index contributed by atoms with van der Waals surface area (Å²) in [5.74, 6) is 0.121. The molecule has 1 atom stereocenters. The van der Waals surface area contributed by atoms with Crippen LogP contribution in [0.1, 0.15) is 24.8 Å². The van der Waals surface area contributed by atoms with Crippen molar-refractivity contribution in [3.63, 3.8) is 0 Å². The summed E-state index contributed by atoms with van der Waals surface area (Å²) < 4.78 is 1.20. The number of amides is 1. The predicted molar refractivity (Wildman–Crippen MR) is 81.7 cm³/mol. The van der Waals surface area contributed by atoms with Crippen LogP contribution in [0.25, 0.3) is 10.2 Å². The lowest BCUT2D eigenvalue weighted by Crippen LogP contribution is -2.43. The highest BCUT2D eigenvalue weighted by Crippen LogP contribution is 2.23. The van der Waals surface area contributed by atoms with Crippen LogP contribution in [0.2, 0.25) is 0 Å². The number of nitrogens with one attached hydrogen (secondary N) is 1. The highest BCUT2D eigenvalue weighted by Gasteiger charge is 2.27. The van der Waals surface area contributed by atoms with Crippen molar-refractivity contribution in [1.29, 1.82) is 0 Å². The Labute approximate surface area is 122 Å². The van der Waals surface area contributed by atoms with Gasteiger partial charge in [0.2, 0.25) is 5.91 Å². The molecule has 1 fully saturated rings. The first-order valence-corrected chi connectivity index (χ1v) is 7.80. The normalized spacial score (nSPS) is 16.6. The van der Waals surface area contributed by atoms with E-state index in [4.69, 9.17) is 0 Å². The van der Waals surface area contributed by atoms with Crippen molar-refractivity contribution in [2.45, 2.75) is 38.4 Å². The SMILES string of the molecule is C[C@H](C(=O)NC1CC1)N(C)Cc1nc2ccccc2s1. The summed E-state index contributed by atoms with van der Waals surface area (Å²) in [7, 11) is 1.98. The molecule has 1 saturated carbocycles. The van der Waals surface area contributed by atoms with E-state index in [1.807, 2.05) is 32.2 Å². The summed E-state index contributed by atoms with van der Waals surface area (Å²) in [6.07, 6.45) is 2.25. The second kappa shape index (κ2) is 5.50. The molecule has 2 aromatic rings. The van der Waals surface area contributed by atoms with E-state index in [9.17, 15) is 4.79 Å². The van der Waals surface area contributed by atoms with Crippen molar-refractivity contribution in [1.82, 2.24) is 15.2 Å². The van der Waals surface area contributed by atoms with E-state index in [2.05, 4.69) is 21.3 Å². The van der Waals surface area contributed by atoms with Gasteiger partial charge in [-0.25, -0.2) is 4.98 Å². The smallest absolute Gasteiger partial charge is 0.237 e. The molecule has 1 aliphatic rings. The van der Waals surface area contributed by atoms with Gasteiger partial charge in [-0.15, -0.1) is 11.3 Å². The monoisotopic (exact) mass is 289 g/mol. The number of hydrogen-bond acceptors (Lipinski definition) is 4. The lowest BCUT2D eigenvalue weighted by atomic mass is 10.2. The number of para-hydroxylation sites is 1. The molecule has 1 heterocycles. The highest BCUT2D eigenvalue weighted by atomic mass is 32.1. The zero-order valence-electron chi connectivity index (χ0n) is 11.8. The van der Waals surface area contributed by atoms with Crippen LogP contribution in [0, 0.1) is 0 Å². The molecule has 0 unspecified atom stereocenters. The number of carbonyl (C=O) groups is 1. The molecule has 0 bridgehead atoms. The molecule has 4 nitrogen and oxygen atoms in total. The molecule has 106 valence electrons. The van der Waals surface area contributed by atoms with Crippen LogP contribution < -0.4 is 5.32 Å². The van der Waals surface area contributed by atoms with Gasteiger partial charge in [0.25, 0.3) is 0 Å². The van der Waals surface area contributed by atoms with E-state index < -0.39 is 0 Å². The molecule has 5 heteroatoms. The van der Waals surface area contributed by atoms with Crippen molar-refractivity contribution in [2.24, 2.45) is 0 Å². The second-order valence-corrected chi connectivity index (χ2v) is 6.56. The molecule has 0 saturated heterocycles. The zero-order valence-corrected chi connectivity index (χ0v) is 12.6. The molecule has 3 rings (SSSR count). The van der Waals surface area contributed by atoms with Crippen LogP contribution >= 0.6 is 11.3 Å². The van der Waals surface area contributed by atoms with Gasteiger partial charge in [-0.1, -0.05) is 12.1 Å². The summed E-state index contributed by atoms with van der Waals surface area (Å²) in [6, 6.07) is 8.43. The maximum Gasteiger partial charge on any atom is 0.237 e. The lowest BCUT2D eigenvalue weighted by molar-refractivity contribution is -0.125. The Kier molecular flexibility index (Phi) is 3.72. The third kappa shape index (κ3) is 2.99. The topological polar surface area (TPSA) is 45.2 Å². The molecular formula is C15H19N3OS. The van der Waals surface area contributed by atoms with Gasteiger partial charge >= 0.3 is 0 Å². The number of nitrogens with zero attached hydrogens (tertiary/aromatic N) is 2. The third-order valence-electron chi connectivity index (χ3n) is 3.69. The van der Waals surface area contributed by atoms with Gasteiger partial charge in [-0.3, -0.25) is 9.69 Å². The molecule has 1 N–H and O–H groups in total. The molecule has 1 aromatic carbocycles. The molecule has 0 aliphatic heterocycles. The minimum atomic E-state index is -0.123. The second-order valence-electron chi connectivity index (χ2n) is 5.45.